The molecule has 0 saturated heterocycles. The zero-order valence-electron chi connectivity index (χ0n) is 16.3. The first-order chi connectivity index (χ1) is 14.3. The third-order valence-electron chi connectivity index (χ3n) is 4.23. The SMILES string of the molecule is CC(=O)c1ccc(NC(=O)O[C@H](CCC/C=C/C(=O)O)c2ccc(O)c(F)c2)cc1. The fourth-order valence-electron chi connectivity index (χ4n) is 2.69. The molecule has 0 fully saturated rings. The summed E-state index contributed by atoms with van der Waals surface area (Å²) in [5.74, 6) is -2.52. The number of ketones is 1. The highest BCUT2D eigenvalue weighted by Crippen LogP contribution is 2.28. The van der Waals surface area contributed by atoms with Crippen LogP contribution in [0.25, 0.3) is 0 Å². The van der Waals surface area contributed by atoms with Crippen molar-refractivity contribution >= 4 is 23.5 Å². The Kier molecular flexibility index (Phi) is 8.10. The van der Waals surface area contributed by atoms with Crippen LogP contribution in [0.3, 0.4) is 0 Å². The lowest BCUT2D eigenvalue weighted by Gasteiger charge is -2.19. The van der Waals surface area contributed by atoms with Gasteiger partial charge in [-0.2, -0.15) is 0 Å². The van der Waals surface area contributed by atoms with Crippen molar-refractivity contribution in [3.63, 3.8) is 0 Å². The number of allylic oxidation sites excluding steroid dienone is 1. The van der Waals surface area contributed by atoms with Crippen LogP contribution >= 0.6 is 0 Å². The van der Waals surface area contributed by atoms with E-state index in [4.69, 9.17) is 9.84 Å². The molecule has 7 nitrogen and oxygen atoms in total. The quantitative estimate of drug-likeness (QED) is 0.307. The van der Waals surface area contributed by atoms with Crippen LogP contribution in [-0.4, -0.2) is 28.1 Å². The van der Waals surface area contributed by atoms with Gasteiger partial charge in [-0.3, -0.25) is 10.1 Å². The molecule has 2 aromatic carbocycles. The highest BCUT2D eigenvalue weighted by molar-refractivity contribution is 5.95. The van der Waals surface area contributed by atoms with Crippen LogP contribution in [-0.2, 0) is 9.53 Å². The molecule has 0 aliphatic heterocycles. The predicted molar refractivity (Wildman–Crippen MR) is 108 cm³/mol. The second-order valence-corrected chi connectivity index (χ2v) is 6.53. The van der Waals surface area contributed by atoms with E-state index < -0.39 is 29.7 Å². The summed E-state index contributed by atoms with van der Waals surface area (Å²) in [7, 11) is 0. The van der Waals surface area contributed by atoms with E-state index >= 15 is 0 Å². The standard InChI is InChI=1S/C22H22FNO6/c1-14(25)15-7-10-17(11-8-15)24-22(29)30-20(5-3-2-4-6-21(27)28)16-9-12-19(26)18(23)13-16/h4,6-13,20,26H,2-3,5H2,1H3,(H,24,29)(H,27,28)/b6-4+/t20-/m1/s1. The first-order valence-corrected chi connectivity index (χ1v) is 9.22. The van der Waals surface area contributed by atoms with E-state index in [2.05, 4.69) is 5.32 Å². The molecular weight excluding hydrogens is 393 g/mol. The summed E-state index contributed by atoms with van der Waals surface area (Å²) in [6.07, 6.45) is 2.14. The number of phenols is 1. The van der Waals surface area contributed by atoms with Crippen LogP contribution in [0.4, 0.5) is 14.9 Å². The van der Waals surface area contributed by atoms with Crippen LogP contribution in [0.1, 0.15) is 48.2 Å². The number of unbranched alkanes of at least 4 members (excludes halogenated alkanes) is 1. The molecule has 2 aromatic rings. The summed E-state index contributed by atoms with van der Waals surface area (Å²) in [6.45, 7) is 1.43. The van der Waals surface area contributed by atoms with Gasteiger partial charge in [-0.15, -0.1) is 0 Å². The van der Waals surface area contributed by atoms with Crippen molar-refractivity contribution in [2.45, 2.75) is 32.3 Å². The van der Waals surface area contributed by atoms with Crippen molar-refractivity contribution in [2.24, 2.45) is 0 Å². The number of benzene rings is 2. The number of hydrogen-bond donors (Lipinski definition) is 3. The van der Waals surface area contributed by atoms with E-state index in [-0.39, 0.29) is 5.78 Å². The van der Waals surface area contributed by atoms with E-state index in [1.54, 1.807) is 24.3 Å². The van der Waals surface area contributed by atoms with Crippen molar-refractivity contribution in [1.82, 2.24) is 0 Å². The van der Waals surface area contributed by atoms with Crippen molar-refractivity contribution < 1.29 is 33.7 Å². The zero-order chi connectivity index (χ0) is 22.1. The molecule has 0 saturated carbocycles. The molecule has 0 unspecified atom stereocenters. The number of rotatable bonds is 9. The molecule has 0 spiro atoms. The number of phenolic OH excluding ortho intramolecular Hbond substituents is 1. The van der Waals surface area contributed by atoms with Gasteiger partial charge in [0.2, 0.25) is 0 Å². The molecule has 0 aliphatic rings. The molecule has 30 heavy (non-hydrogen) atoms. The molecule has 8 heteroatoms. The molecule has 1 atom stereocenters. The topological polar surface area (TPSA) is 113 Å². The van der Waals surface area contributed by atoms with E-state index in [0.29, 0.717) is 36.1 Å². The summed E-state index contributed by atoms with van der Waals surface area (Å²) < 4.78 is 19.2. The van der Waals surface area contributed by atoms with Crippen molar-refractivity contribution in [3.05, 3.63) is 71.6 Å². The van der Waals surface area contributed by atoms with Gasteiger partial charge >= 0.3 is 12.1 Å². The van der Waals surface area contributed by atoms with Gasteiger partial charge in [-0.1, -0.05) is 12.1 Å². The molecular formula is C22H22FNO6. The fraction of sp³-hybridized carbons (Fsp3) is 0.227. The second kappa shape index (κ2) is 10.8. The number of aromatic hydroxyl groups is 1. The predicted octanol–water partition coefficient (Wildman–Crippen LogP) is 4.83. The lowest BCUT2D eigenvalue weighted by Crippen LogP contribution is -2.18. The first-order valence-electron chi connectivity index (χ1n) is 9.22. The lowest BCUT2D eigenvalue weighted by molar-refractivity contribution is -0.131. The number of Topliss-reactive ketones (excluding diaryl/α,β-unsaturated/α-hetero) is 1. The highest BCUT2D eigenvalue weighted by Gasteiger charge is 2.18. The Labute approximate surface area is 172 Å². The smallest absolute Gasteiger partial charge is 0.412 e. The minimum atomic E-state index is -1.06. The summed E-state index contributed by atoms with van der Waals surface area (Å²) in [4.78, 5) is 34.1. The second-order valence-electron chi connectivity index (χ2n) is 6.53. The van der Waals surface area contributed by atoms with Crippen LogP contribution in [0.5, 0.6) is 5.75 Å². The van der Waals surface area contributed by atoms with E-state index in [0.717, 1.165) is 12.1 Å². The molecule has 0 aliphatic carbocycles. The van der Waals surface area contributed by atoms with Crippen molar-refractivity contribution in [3.8, 4) is 5.75 Å². The van der Waals surface area contributed by atoms with Crippen molar-refractivity contribution in [2.75, 3.05) is 5.32 Å². The van der Waals surface area contributed by atoms with Gasteiger partial charge in [0.15, 0.2) is 17.3 Å². The minimum Gasteiger partial charge on any atom is -0.505 e. The number of carboxylic acids is 1. The monoisotopic (exact) mass is 415 g/mol. The Morgan fingerprint density at radius 1 is 1.17 bits per heavy atom. The number of anilines is 1. The zero-order valence-corrected chi connectivity index (χ0v) is 16.3. The normalized spacial score (nSPS) is 11.8. The van der Waals surface area contributed by atoms with Gasteiger partial charge in [-0.05, 0) is 68.1 Å². The Balaban J connectivity index is 2.06. The molecule has 158 valence electrons. The minimum absolute atomic E-state index is 0.101. The largest absolute Gasteiger partial charge is 0.505 e. The van der Waals surface area contributed by atoms with E-state index in [9.17, 15) is 23.9 Å². The van der Waals surface area contributed by atoms with Gasteiger partial charge in [0.25, 0.3) is 0 Å². The first kappa shape index (κ1) is 22.6. The average Bonchev–Trinajstić information content (AvgIpc) is 2.69. The number of ether oxygens (including phenoxy) is 1. The van der Waals surface area contributed by atoms with Gasteiger partial charge in [0.1, 0.15) is 6.10 Å². The maximum Gasteiger partial charge on any atom is 0.412 e. The van der Waals surface area contributed by atoms with Crippen LogP contribution in [0, 0.1) is 5.82 Å². The third kappa shape index (κ3) is 7.05. The summed E-state index contributed by atoms with van der Waals surface area (Å²) in [6, 6.07) is 9.96. The van der Waals surface area contributed by atoms with Crippen LogP contribution < -0.4 is 5.32 Å². The number of amides is 1. The molecule has 0 bridgehead atoms. The number of carbonyl (C=O) groups is 3. The number of nitrogens with one attached hydrogen (secondary N) is 1. The number of carboxylic acid groups (broad SMARTS) is 1. The summed E-state index contributed by atoms with van der Waals surface area (Å²) in [5, 5.41) is 20.5. The van der Waals surface area contributed by atoms with E-state index in [1.807, 2.05) is 0 Å². The Morgan fingerprint density at radius 3 is 2.47 bits per heavy atom. The van der Waals surface area contributed by atoms with Crippen LogP contribution in [0.15, 0.2) is 54.6 Å². The Morgan fingerprint density at radius 2 is 1.87 bits per heavy atom. The van der Waals surface area contributed by atoms with Gasteiger partial charge in [0, 0.05) is 17.3 Å². The average molecular weight is 415 g/mol. The number of aliphatic carboxylic acids is 1. The summed E-state index contributed by atoms with van der Waals surface area (Å²) in [5.41, 5.74) is 1.28. The maximum atomic E-state index is 13.7. The van der Waals surface area contributed by atoms with Crippen LogP contribution in [0.2, 0.25) is 0 Å². The summed E-state index contributed by atoms with van der Waals surface area (Å²) >= 11 is 0. The molecule has 0 aromatic heterocycles. The fourth-order valence-corrected chi connectivity index (χ4v) is 2.69. The molecule has 0 heterocycles. The Hall–Kier alpha value is -3.68. The molecule has 2 rings (SSSR count). The van der Waals surface area contributed by atoms with Gasteiger partial charge in [-0.25, -0.2) is 14.0 Å². The number of hydrogen-bond acceptors (Lipinski definition) is 5. The third-order valence-corrected chi connectivity index (χ3v) is 4.23. The van der Waals surface area contributed by atoms with Gasteiger partial charge in [0.05, 0.1) is 0 Å². The van der Waals surface area contributed by atoms with E-state index in [1.165, 1.54) is 25.1 Å². The number of halogens is 1. The lowest BCUT2D eigenvalue weighted by atomic mass is 10.0. The molecule has 3 N–H and O–H groups in total. The molecule has 1 amide bonds. The molecule has 0 radical (unpaired) electrons. The van der Waals surface area contributed by atoms with Crippen molar-refractivity contribution in [1.29, 1.82) is 0 Å². The van der Waals surface area contributed by atoms with Gasteiger partial charge < -0.3 is 14.9 Å². The Bertz CT molecular complexity index is 939. The number of carbonyl (C=O) groups excluding carboxylic acids is 2. The highest BCUT2D eigenvalue weighted by atomic mass is 19.1. The maximum absolute atomic E-state index is 13.7.